The molecular weight excluding hydrogens is 282 g/mol. The molecule has 17 heavy (non-hydrogen) atoms. The van der Waals surface area contributed by atoms with Crippen molar-refractivity contribution in [2.75, 3.05) is 13.1 Å². The van der Waals surface area contributed by atoms with Gasteiger partial charge in [-0.1, -0.05) is 22.0 Å². The second kappa shape index (κ2) is 6.64. The van der Waals surface area contributed by atoms with Crippen molar-refractivity contribution in [1.82, 2.24) is 4.90 Å². The van der Waals surface area contributed by atoms with E-state index in [1.165, 1.54) is 0 Å². The quantitative estimate of drug-likeness (QED) is 0.836. The molecule has 1 aromatic carbocycles. The van der Waals surface area contributed by atoms with Crippen LogP contribution in [-0.2, 0) is 4.79 Å². The smallest absolute Gasteiger partial charge is 0.263 e. The average Bonchev–Trinajstić information content (AvgIpc) is 2.30. The van der Waals surface area contributed by atoms with Gasteiger partial charge in [0.1, 0.15) is 5.75 Å². The Labute approximate surface area is 111 Å². The van der Waals surface area contributed by atoms with Gasteiger partial charge in [-0.25, -0.2) is 0 Å². The summed E-state index contributed by atoms with van der Waals surface area (Å²) in [5.74, 6) is 0.724. The van der Waals surface area contributed by atoms with E-state index in [2.05, 4.69) is 15.9 Å². The third-order valence-electron chi connectivity index (χ3n) is 2.53. The third kappa shape index (κ3) is 4.04. The highest BCUT2D eigenvalue weighted by atomic mass is 79.9. The van der Waals surface area contributed by atoms with E-state index in [-0.39, 0.29) is 5.91 Å². The van der Waals surface area contributed by atoms with Crippen molar-refractivity contribution in [3.63, 3.8) is 0 Å². The van der Waals surface area contributed by atoms with Gasteiger partial charge in [-0.2, -0.15) is 0 Å². The molecule has 0 bridgehead atoms. The minimum atomic E-state index is -0.454. The maximum atomic E-state index is 12.0. The van der Waals surface area contributed by atoms with E-state index >= 15 is 0 Å². The Hall–Kier alpha value is -1.03. The van der Waals surface area contributed by atoms with Crippen LogP contribution in [0.2, 0.25) is 0 Å². The summed E-state index contributed by atoms with van der Waals surface area (Å²) in [7, 11) is 0. The fraction of sp³-hybridized carbons (Fsp3) is 0.462. The molecule has 0 radical (unpaired) electrons. The zero-order valence-corrected chi connectivity index (χ0v) is 12.0. The first-order chi connectivity index (χ1) is 8.08. The molecule has 3 nitrogen and oxygen atoms in total. The molecule has 1 rings (SSSR count). The van der Waals surface area contributed by atoms with Crippen LogP contribution in [0, 0.1) is 0 Å². The summed E-state index contributed by atoms with van der Waals surface area (Å²) in [5.41, 5.74) is 0. The van der Waals surface area contributed by atoms with Crippen LogP contribution in [0.4, 0.5) is 0 Å². The Morgan fingerprint density at radius 1 is 1.41 bits per heavy atom. The fourth-order valence-electron chi connectivity index (χ4n) is 1.59. The van der Waals surface area contributed by atoms with Crippen molar-refractivity contribution >= 4 is 21.8 Å². The number of carbonyl (C=O) groups is 1. The monoisotopic (exact) mass is 299 g/mol. The molecule has 1 amide bonds. The summed E-state index contributed by atoms with van der Waals surface area (Å²) >= 11 is 3.37. The number of hydrogen-bond donors (Lipinski definition) is 0. The molecule has 1 aromatic rings. The van der Waals surface area contributed by atoms with Crippen LogP contribution in [0.15, 0.2) is 28.7 Å². The highest BCUT2D eigenvalue weighted by molar-refractivity contribution is 9.10. The number of halogens is 1. The molecule has 0 aliphatic carbocycles. The predicted octanol–water partition coefficient (Wildman–Crippen LogP) is 3.08. The molecule has 0 aliphatic rings. The Morgan fingerprint density at radius 2 is 2.06 bits per heavy atom. The summed E-state index contributed by atoms with van der Waals surface area (Å²) in [6.45, 7) is 7.13. The standard InChI is InChI=1S/C13H18BrNO2/c1-4-15(5-2)13(16)10(3)17-12-8-6-7-11(14)9-12/h6-10H,4-5H2,1-3H3. The van der Waals surface area contributed by atoms with Crippen molar-refractivity contribution in [2.24, 2.45) is 0 Å². The van der Waals surface area contributed by atoms with Crippen molar-refractivity contribution < 1.29 is 9.53 Å². The second-order valence-electron chi connectivity index (χ2n) is 3.73. The van der Waals surface area contributed by atoms with E-state index in [1.807, 2.05) is 38.1 Å². The molecule has 0 saturated heterocycles. The zero-order chi connectivity index (χ0) is 12.8. The largest absolute Gasteiger partial charge is 0.481 e. The van der Waals surface area contributed by atoms with Crippen LogP contribution >= 0.6 is 15.9 Å². The predicted molar refractivity (Wildman–Crippen MR) is 72.2 cm³/mol. The van der Waals surface area contributed by atoms with Gasteiger partial charge < -0.3 is 9.64 Å². The van der Waals surface area contributed by atoms with Gasteiger partial charge in [0, 0.05) is 17.6 Å². The third-order valence-corrected chi connectivity index (χ3v) is 3.03. The fourth-order valence-corrected chi connectivity index (χ4v) is 1.97. The van der Waals surface area contributed by atoms with E-state index in [0.29, 0.717) is 18.8 Å². The molecule has 4 heteroatoms. The number of likely N-dealkylation sites (N-methyl/N-ethyl adjacent to an activating group) is 1. The molecule has 0 aliphatic heterocycles. The maximum absolute atomic E-state index is 12.0. The number of hydrogen-bond acceptors (Lipinski definition) is 2. The van der Waals surface area contributed by atoms with Crippen molar-refractivity contribution in [3.05, 3.63) is 28.7 Å². The van der Waals surface area contributed by atoms with Crippen molar-refractivity contribution in [3.8, 4) is 5.75 Å². The molecule has 0 aromatic heterocycles. The lowest BCUT2D eigenvalue weighted by Gasteiger charge is -2.23. The second-order valence-corrected chi connectivity index (χ2v) is 4.64. The SMILES string of the molecule is CCN(CC)C(=O)C(C)Oc1cccc(Br)c1. The number of rotatable bonds is 5. The van der Waals surface area contributed by atoms with Gasteiger partial charge in [0.15, 0.2) is 6.10 Å². The topological polar surface area (TPSA) is 29.5 Å². The lowest BCUT2D eigenvalue weighted by atomic mass is 10.3. The summed E-state index contributed by atoms with van der Waals surface area (Å²) in [5, 5.41) is 0. The molecule has 1 atom stereocenters. The minimum absolute atomic E-state index is 0.0231. The summed E-state index contributed by atoms with van der Waals surface area (Å²) in [6, 6.07) is 7.50. The first-order valence-electron chi connectivity index (χ1n) is 5.79. The molecule has 94 valence electrons. The number of ether oxygens (including phenoxy) is 1. The normalized spacial score (nSPS) is 12.0. The summed E-state index contributed by atoms with van der Waals surface area (Å²) in [4.78, 5) is 13.8. The van der Waals surface area contributed by atoms with E-state index < -0.39 is 6.10 Å². The number of carbonyl (C=O) groups excluding carboxylic acids is 1. The van der Waals surface area contributed by atoms with Crippen LogP contribution in [0.5, 0.6) is 5.75 Å². The number of amides is 1. The Bertz CT molecular complexity index is 377. The highest BCUT2D eigenvalue weighted by Crippen LogP contribution is 2.19. The van der Waals surface area contributed by atoms with E-state index in [0.717, 1.165) is 4.47 Å². The van der Waals surface area contributed by atoms with Gasteiger partial charge in [-0.05, 0) is 39.0 Å². The van der Waals surface area contributed by atoms with Gasteiger partial charge in [-0.3, -0.25) is 4.79 Å². The molecular formula is C13H18BrNO2. The van der Waals surface area contributed by atoms with Crippen molar-refractivity contribution in [2.45, 2.75) is 26.9 Å². The number of benzene rings is 1. The van der Waals surface area contributed by atoms with Gasteiger partial charge in [0.25, 0.3) is 5.91 Å². The van der Waals surface area contributed by atoms with Gasteiger partial charge in [0.05, 0.1) is 0 Å². The number of nitrogens with zero attached hydrogens (tertiary/aromatic N) is 1. The Balaban J connectivity index is 2.65. The van der Waals surface area contributed by atoms with Crippen LogP contribution in [0.3, 0.4) is 0 Å². The zero-order valence-electron chi connectivity index (χ0n) is 10.4. The molecule has 0 heterocycles. The molecule has 0 spiro atoms. The van der Waals surface area contributed by atoms with E-state index in [9.17, 15) is 4.79 Å². The molecule has 0 fully saturated rings. The van der Waals surface area contributed by atoms with Crippen LogP contribution in [0.25, 0.3) is 0 Å². The van der Waals surface area contributed by atoms with Gasteiger partial charge in [-0.15, -0.1) is 0 Å². The molecule has 1 unspecified atom stereocenters. The van der Waals surface area contributed by atoms with Crippen LogP contribution in [-0.4, -0.2) is 30.0 Å². The lowest BCUT2D eigenvalue weighted by Crippen LogP contribution is -2.40. The van der Waals surface area contributed by atoms with Crippen molar-refractivity contribution in [1.29, 1.82) is 0 Å². The minimum Gasteiger partial charge on any atom is -0.481 e. The summed E-state index contributed by atoms with van der Waals surface area (Å²) in [6.07, 6.45) is -0.454. The first kappa shape index (κ1) is 14.0. The van der Waals surface area contributed by atoms with Crippen LogP contribution < -0.4 is 4.74 Å². The molecule has 0 saturated carbocycles. The lowest BCUT2D eigenvalue weighted by molar-refractivity contribution is -0.137. The Morgan fingerprint density at radius 3 is 2.59 bits per heavy atom. The molecule has 0 N–H and O–H groups in total. The van der Waals surface area contributed by atoms with Gasteiger partial charge in [0.2, 0.25) is 0 Å². The average molecular weight is 300 g/mol. The highest BCUT2D eigenvalue weighted by Gasteiger charge is 2.19. The van der Waals surface area contributed by atoms with Crippen LogP contribution in [0.1, 0.15) is 20.8 Å². The van der Waals surface area contributed by atoms with E-state index in [4.69, 9.17) is 4.74 Å². The summed E-state index contributed by atoms with van der Waals surface area (Å²) < 4.78 is 6.56. The van der Waals surface area contributed by atoms with Gasteiger partial charge >= 0.3 is 0 Å². The first-order valence-corrected chi connectivity index (χ1v) is 6.58. The Kier molecular flexibility index (Phi) is 5.48. The maximum Gasteiger partial charge on any atom is 0.263 e. The van der Waals surface area contributed by atoms with E-state index in [1.54, 1.807) is 11.8 Å².